The third-order valence-corrected chi connectivity index (χ3v) is 3.81. The minimum Gasteiger partial charge on any atom is -0.354 e. The van der Waals surface area contributed by atoms with E-state index in [9.17, 15) is 14.4 Å². The highest BCUT2D eigenvalue weighted by Crippen LogP contribution is 2.04. The van der Waals surface area contributed by atoms with E-state index in [1.165, 1.54) is 4.68 Å². The van der Waals surface area contributed by atoms with Crippen LogP contribution in [0.5, 0.6) is 0 Å². The first-order valence-corrected chi connectivity index (χ1v) is 7.52. The Kier molecular flexibility index (Phi) is 4.31. The van der Waals surface area contributed by atoms with Crippen LogP contribution < -0.4 is 16.2 Å². The second-order valence-corrected chi connectivity index (χ2v) is 5.49. The number of aromatic nitrogens is 3. The third kappa shape index (κ3) is 3.53. The summed E-state index contributed by atoms with van der Waals surface area (Å²) in [7, 11) is 0. The predicted octanol–water partition coefficient (Wildman–Crippen LogP) is -0.424. The Morgan fingerprint density at radius 2 is 2.17 bits per heavy atom. The molecular formula is C15H17N5O3. The Hall–Kier alpha value is -2.77. The van der Waals surface area contributed by atoms with Crippen LogP contribution >= 0.6 is 0 Å². The van der Waals surface area contributed by atoms with E-state index >= 15 is 0 Å². The summed E-state index contributed by atoms with van der Waals surface area (Å²) in [5.74, 6) is -0.165. The predicted molar refractivity (Wildman–Crippen MR) is 82.6 cm³/mol. The Morgan fingerprint density at radius 3 is 2.96 bits per heavy atom. The van der Waals surface area contributed by atoms with Gasteiger partial charge in [-0.05, 0) is 18.6 Å². The van der Waals surface area contributed by atoms with E-state index in [1.807, 2.05) is 0 Å². The summed E-state index contributed by atoms with van der Waals surface area (Å²) in [6.07, 6.45) is 1.19. The minimum atomic E-state index is -0.256. The van der Waals surface area contributed by atoms with Gasteiger partial charge in [-0.15, -0.1) is 5.10 Å². The monoisotopic (exact) mass is 315 g/mol. The van der Waals surface area contributed by atoms with Crippen LogP contribution in [0.1, 0.15) is 19.3 Å². The average Bonchev–Trinajstić information content (AvgIpc) is 2.57. The number of carbonyl (C=O) groups is 2. The number of amides is 2. The number of hydrogen-bond donors (Lipinski definition) is 2. The fourth-order valence-corrected chi connectivity index (χ4v) is 2.53. The zero-order valence-electron chi connectivity index (χ0n) is 12.5. The Morgan fingerprint density at radius 1 is 1.35 bits per heavy atom. The molecule has 1 atom stereocenters. The summed E-state index contributed by atoms with van der Waals surface area (Å²) in [5.41, 5.74) is 0.282. The molecule has 2 aromatic rings. The number of aryl methyl sites for hydroxylation is 1. The van der Waals surface area contributed by atoms with Crippen molar-refractivity contribution in [1.82, 2.24) is 25.6 Å². The van der Waals surface area contributed by atoms with Gasteiger partial charge in [-0.3, -0.25) is 14.4 Å². The second kappa shape index (κ2) is 6.55. The van der Waals surface area contributed by atoms with E-state index in [0.717, 1.165) is 0 Å². The number of carbonyl (C=O) groups excluding carboxylic acids is 2. The van der Waals surface area contributed by atoms with Gasteiger partial charge < -0.3 is 10.6 Å². The molecule has 8 nitrogen and oxygen atoms in total. The van der Waals surface area contributed by atoms with Crippen molar-refractivity contribution in [1.29, 1.82) is 0 Å². The number of piperidine rings is 1. The molecule has 2 amide bonds. The fourth-order valence-electron chi connectivity index (χ4n) is 2.53. The van der Waals surface area contributed by atoms with Crippen LogP contribution in [0.3, 0.4) is 0 Å². The first kappa shape index (κ1) is 15.1. The molecule has 0 bridgehead atoms. The van der Waals surface area contributed by atoms with Gasteiger partial charge in [0.15, 0.2) is 0 Å². The van der Waals surface area contributed by atoms with Crippen LogP contribution in [-0.4, -0.2) is 39.4 Å². The lowest BCUT2D eigenvalue weighted by atomic mass is 10.1. The highest BCUT2D eigenvalue weighted by molar-refractivity contribution is 5.79. The number of hydrogen-bond acceptors (Lipinski definition) is 5. The highest BCUT2D eigenvalue weighted by Gasteiger charge is 2.19. The maximum absolute atomic E-state index is 12.2. The van der Waals surface area contributed by atoms with E-state index in [2.05, 4.69) is 20.9 Å². The molecular weight excluding hydrogens is 298 g/mol. The highest BCUT2D eigenvalue weighted by atomic mass is 16.2. The van der Waals surface area contributed by atoms with Gasteiger partial charge in [0.05, 0.1) is 11.9 Å². The first-order valence-electron chi connectivity index (χ1n) is 7.52. The van der Waals surface area contributed by atoms with Gasteiger partial charge in [0, 0.05) is 25.4 Å². The summed E-state index contributed by atoms with van der Waals surface area (Å²) >= 11 is 0. The molecule has 23 heavy (non-hydrogen) atoms. The van der Waals surface area contributed by atoms with Gasteiger partial charge in [-0.25, -0.2) is 4.68 Å². The van der Waals surface area contributed by atoms with Crippen LogP contribution in [0.15, 0.2) is 29.1 Å². The van der Waals surface area contributed by atoms with Gasteiger partial charge in [-0.1, -0.05) is 17.3 Å². The van der Waals surface area contributed by atoms with Crippen LogP contribution in [0.2, 0.25) is 0 Å². The quantitative estimate of drug-likeness (QED) is 0.797. The number of rotatable bonds is 4. The Bertz CT molecular complexity index is 791. The molecule has 120 valence electrons. The molecule has 0 radical (unpaired) electrons. The number of benzene rings is 1. The molecule has 0 spiro atoms. The molecule has 2 N–H and O–H groups in total. The maximum atomic E-state index is 12.2. The second-order valence-electron chi connectivity index (χ2n) is 5.49. The van der Waals surface area contributed by atoms with Crippen molar-refractivity contribution in [3.05, 3.63) is 34.6 Å². The van der Waals surface area contributed by atoms with Gasteiger partial charge in [0.25, 0.3) is 5.56 Å². The SMILES string of the molecule is O=C1CCC(NC(=O)CCn2nnc3ccccc3c2=O)CN1. The van der Waals surface area contributed by atoms with Crippen molar-refractivity contribution in [3.8, 4) is 0 Å². The smallest absolute Gasteiger partial charge is 0.277 e. The number of nitrogens with zero attached hydrogens (tertiary/aromatic N) is 3. The molecule has 8 heteroatoms. The van der Waals surface area contributed by atoms with Crippen molar-refractivity contribution < 1.29 is 9.59 Å². The molecule has 1 saturated heterocycles. The standard InChI is InChI=1S/C15H17N5O3/c21-13-6-5-10(9-16-13)17-14(22)7-8-20-15(23)11-3-1-2-4-12(11)18-19-20/h1-4,10H,5-9H2,(H,16,21)(H,17,22). The van der Waals surface area contributed by atoms with Gasteiger partial charge in [-0.2, -0.15) is 0 Å². The lowest BCUT2D eigenvalue weighted by Gasteiger charge is -2.23. The van der Waals surface area contributed by atoms with Crippen LogP contribution in [0.25, 0.3) is 10.9 Å². The van der Waals surface area contributed by atoms with E-state index in [0.29, 0.717) is 30.3 Å². The minimum absolute atomic E-state index is 0.00786. The van der Waals surface area contributed by atoms with Crippen LogP contribution in [-0.2, 0) is 16.1 Å². The summed E-state index contributed by atoms with van der Waals surface area (Å²) in [6, 6.07) is 6.91. The fraction of sp³-hybridized carbons (Fsp3) is 0.400. The first-order chi connectivity index (χ1) is 11.1. The van der Waals surface area contributed by atoms with E-state index in [1.54, 1.807) is 24.3 Å². The molecule has 3 rings (SSSR count). The molecule has 1 aromatic carbocycles. The van der Waals surface area contributed by atoms with Crippen molar-refractivity contribution in [2.45, 2.75) is 31.8 Å². The summed E-state index contributed by atoms with van der Waals surface area (Å²) in [4.78, 5) is 35.3. The Labute approximate surface area is 131 Å². The zero-order chi connectivity index (χ0) is 16.2. The van der Waals surface area contributed by atoms with Crippen LogP contribution in [0, 0.1) is 0 Å². The molecule has 0 aliphatic carbocycles. The molecule has 0 saturated carbocycles. The lowest BCUT2D eigenvalue weighted by molar-refractivity contribution is -0.125. The summed E-state index contributed by atoms with van der Waals surface area (Å²) < 4.78 is 1.20. The third-order valence-electron chi connectivity index (χ3n) is 3.81. The lowest BCUT2D eigenvalue weighted by Crippen LogP contribution is -2.48. The number of nitrogens with one attached hydrogen (secondary N) is 2. The van der Waals surface area contributed by atoms with E-state index in [4.69, 9.17) is 0 Å². The van der Waals surface area contributed by atoms with Gasteiger partial charge >= 0.3 is 0 Å². The van der Waals surface area contributed by atoms with Gasteiger partial charge in [0.2, 0.25) is 11.8 Å². The molecule has 1 aliphatic heterocycles. The average molecular weight is 315 g/mol. The normalized spacial score (nSPS) is 17.7. The topological polar surface area (TPSA) is 106 Å². The summed E-state index contributed by atoms with van der Waals surface area (Å²) in [6.45, 7) is 0.613. The number of fused-ring (bicyclic) bond motifs is 1. The van der Waals surface area contributed by atoms with E-state index < -0.39 is 0 Å². The molecule has 1 fully saturated rings. The maximum Gasteiger partial charge on any atom is 0.277 e. The van der Waals surface area contributed by atoms with Crippen LogP contribution in [0.4, 0.5) is 0 Å². The van der Waals surface area contributed by atoms with Crippen molar-refractivity contribution in [3.63, 3.8) is 0 Å². The largest absolute Gasteiger partial charge is 0.354 e. The summed E-state index contributed by atoms with van der Waals surface area (Å²) in [5, 5.41) is 13.9. The van der Waals surface area contributed by atoms with Gasteiger partial charge in [0.1, 0.15) is 5.52 Å². The molecule has 1 aromatic heterocycles. The van der Waals surface area contributed by atoms with Crippen molar-refractivity contribution in [2.24, 2.45) is 0 Å². The Balaban J connectivity index is 1.60. The van der Waals surface area contributed by atoms with E-state index in [-0.39, 0.29) is 36.4 Å². The van der Waals surface area contributed by atoms with Crippen molar-refractivity contribution in [2.75, 3.05) is 6.54 Å². The zero-order valence-corrected chi connectivity index (χ0v) is 12.5. The molecule has 2 heterocycles. The molecule has 1 unspecified atom stereocenters. The molecule has 1 aliphatic rings. The van der Waals surface area contributed by atoms with Crippen molar-refractivity contribution >= 4 is 22.7 Å².